The molecule has 0 heterocycles. The van der Waals surface area contributed by atoms with Gasteiger partial charge in [0.1, 0.15) is 16.3 Å². The Hall–Kier alpha value is -2.70. The number of nitrogens with one attached hydrogen (secondary N) is 1. The number of halogens is 2. The second-order valence-corrected chi connectivity index (χ2v) is 10.0. The predicted octanol–water partition coefficient (Wildman–Crippen LogP) is 3.46. The minimum Gasteiger partial charge on any atom is -0.870 e. The van der Waals surface area contributed by atoms with Crippen LogP contribution in [0.3, 0.4) is 0 Å². The Morgan fingerprint density at radius 2 is 1.71 bits per heavy atom. The van der Waals surface area contributed by atoms with Crippen molar-refractivity contribution in [2.75, 3.05) is 12.4 Å². The molecule has 0 spiro atoms. The molecule has 4 rings (SSSR count). The second-order valence-electron chi connectivity index (χ2n) is 7.84. The number of fused-ring (bicyclic) bond motifs is 1. The summed E-state index contributed by atoms with van der Waals surface area (Å²) in [5.41, 5.74) is -0.103. The quantitative estimate of drug-likeness (QED) is 0.203. The SMILES string of the molecule is COc1ccc(Cl)cc1NC(=O)c1cc2ccccc2c(N=Nc2c(C)ccc(Cl)c2S(=O)(=O)O)c1[O-].[Na+]. The van der Waals surface area contributed by atoms with Crippen molar-refractivity contribution in [3.05, 3.63) is 81.8 Å². The van der Waals surface area contributed by atoms with E-state index in [1.165, 1.54) is 38.3 Å². The van der Waals surface area contributed by atoms with Crippen molar-refractivity contribution < 1.29 is 57.2 Å². The number of benzene rings is 4. The molecule has 0 unspecified atom stereocenters. The molecule has 0 bridgehead atoms. The Morgan fingerprint density at radius 1 is 1.03 bits per heavy atom. The standard InChI is InChI=1S/C25H19Cl2N3O6S.Na/c1-13-7-9-18(27)24(37(33,34)35)21(13)29-30-22-16-6-4-3-5-14(16)11-17(23(22)31)25(32)28-19-12-15(26)8-10-20(19)36-2;/h3-12,31H,1-2H3,(H,28,32)(H,33,34,35);/q;+1/p-1. The van der Waals surface area contributed by atoms with Gasteiger partial charge in [0.25, 0.3) is 16.0 Å². The third-order valence-corrected chi connectivity index (χ3v) is 7.01. The number of methoxy groups -OCH3 is 1. The van der Waals surface area contributed by atoms with Crippen molar-refractivity contribution >= 4 is 67.1 Å². The molecular formula is C25H18Cl2N3NaO6S. The first-order valence-electron chi connectivity index (χ1n) is 10.6. The van der Waals surface area contributed by atoms with Gasteiger partial charge in [0.15, 0.2) is 0 Å². The zero-order valence-corrected chi connectivity index (χ0v) is 24.6. The van der Waals surface area contributed by atoms with Crippen LogP contribution < -0.4 is 44.7 Å². The molecule has 0 aromatic heterocycles. The third-order valence-electron chi connectivity index (χ3n) is 5.42. The molecule has 4 aromatic rings. The van der Waals surface area contributed by atoms with E-state index in [2.05, 4.69) is 15.5 Å². The predicted molar refractivity (Wildman–Crippen MR) is 140 cm³/mol. The zero-order valence-electron chi connectivity index (χ0n) is 20.3. The average molecular weight is 582 g/mol. The molecular weight excluding hydrogens is 564 g/mol. The number of nitrogens with zero attached hydrogens (tertiary/aromatic N) is 2. The molecule has 38 heavy (non-hydrogen) atoms. The first kappa shape index (κ1) is 29.9. The summed E-state index contributed by atoms with van der Waals surface area (Å²) >= 11 is 12.0. The maximum absolute atomic E-state index is 13.4. The van der Waals surface area contributed by atoms with Crippen molar-refractivity contribution in [1.29, 1.82) is 0 Å². The van der Waals surface area contributed by atoms with Gasteiger partial charge in [-0.15, -0.1) is 5.11 Å². The first-order valence-corrected chi connectivity index (χ1v) is 12.8. The minimum absolute atomic E-state index is 0. The van der Waals surface area contributed by atoms with Crippen LogP contribution in [0, 0.1) is 6.92 Å². The fourth-order valence-electron chi connectivity index (χ4n) is 3.66. The summed E-state index contributed by atoms with van der Waals surface area (Å²) in [4.78, 5) is 12.5. The number of ether oxygens (including phenoxy) is 1. The van der Waals surface area contributed by atoms with Gasteiger partial charge in [0.2, 0.25) is 0 Å². The van der Waals surface area contributed by atoms with Crippen molar-refractivity contribution in [3.63, 3.8) is 0 Å². The number of rotatable bonds is 6. The van der Waals surface area contributed by atoms with Crippen LogP contribution in [0.15, 0.2) is 75.8 Å². The summed E-state index contributed by atoms with van der Waals surface area (Å²) in [5.74, 6) is -1.17. The Balaban J connectivity index is 0.00000400. The van der Waals surface area contributed by atoms with Gasteiger partial charge in [-0.3, -0.25) is 9.35 Å². The maximum Gasteiger partial charge on any atom is 1.00 e. The molecule has 0 atom stereocenters. The van der Waals surface area contributed by atoms with Gasteiger partial charge in [0.05, 0.1) is 23.5 Å². The topological polar surface area (TPSA) is 140 Å². The molecule has 0 saturated heterocycles. The number of amides is 1. The van der Waals surface area contributed by atoms with Crippen molar-refractivity contribution in [1.82, 2.24) is 0 Å². The fraction of sp³-hybridized carbons (Fsp3) is 0.0800. The van der Waals surface area contributed by atoms with Gasteiger partial charge in [-0.05, 0) is 48.2 Å². The molecule has 2 N–H and O–H groups in total. The summed E-state index contributed by atoms with van der Waals surface area (Å²) in [7, 11) is -3.34. The van der Waals surface area contributed by atoms with E-state index in [9.17, 15) is 22.9 Å². The summed E-state index contributed by atoms with van der Waals surface area (Å²) in [6.07, 6.45) is 0. The molecule has 0 fully saturated rings. The van der Waals surface area contributed by atoms with Crippen LogP contribution in [0.4, 0.5) is 17.1 Å². The normalized spacial score (nSPS) is 11.4. The van der Waals surface area contributed by atoms with Gasteiger partial charge in [-0.1, -0.05) is 59.3 Å². The summed E-state index contributed by atoms with van der Waals surface area (Å²) in [5, 5.41) is 25.0. The van der Waals surface area contributed by atoms with Crippen LogP contribution in [0.25, 0.3) is 10.8 Å². The van der Waals surface area contributed by atoms with E-state index in [1.54, 1.807) is 36.4 Å². The van der Waals surface area contributed by atoms with E-state index >= 15 is 0 Å². The molecule has 0 radical (unpaired) electrons. The van der Waals surface area contributed by atoms with E-state index in [4.69, 9.17) is 27.9 Å². The summed E-state index contributed by atoms with van der Waals surface area (Å²) < 4.78 is 38.8. The molecule has 190 valence electrons. The van der Waals surface area contributed by atoms with Crippen molar-refractivity contribution in [2.24, 2.45) is 10.2 Å². The van der Waals surface area contributed by atoms with E-state index in [-0.39, 0.29) is 57.2 Å². The van der Waals surface area contributed by atoms with Crippen LogP contribution in [0.1, 0.15) is 15.9 Å². The Kier molecular flexibility index (Phi) is 9.43. The van der Waals surface area contributed by atoms with Gasteiger partial charge in [-0.2, -0.15) is 13.5 Å². The smallest absolute Gasteiger partial charge is 0.870 e. The fourth-order valence-corrected chi connectivity index (χ4v) is 5.04. The molecule has 9 nitrogen and oxygen atoms in total. The number of aryl methyl sites for hydroxylation is 1. The molecule has 1 amide bonds. The van der Waals surface area contributed by atoms with Gasteiger partial charge < -0.3 is 15.2 Å². The Morgan fingerprint density at radius 3 is 2.39 bits per heavy atom. The number of carbonyl (C=O) groups is 1. The molecule has 0 saturated carbocycles. The monoisotopic (exact) mass is 581 g/mol. The van der Waals surface area contributed by atoms with E-state index < -0.39 is 26.7 Å². The summed E-state index contributed by atoms with van der Waals surface area (Å²) in [6.45, 7) is 1.54. The average Bonchev–Trinajstić information content (AvgIpc) is 2.84. The molecule has 0 aliphatic carbocycles. The Labute approximate surface area is 250 Å². The van der Waals surface area contributed by atoms with Gasteiger partial charge in [0, 0.05) is 16.0 Å². The number of hydrogen-bond acceptors (Lipinski definition) is 7. The summed E-state index contributed by atoms with van der Waals surface area (Å²) in [6, 6.07) is 15.5. The number of hydrogen-bond donors (Lipinski definition) is 2. The zero-order chi connectivity index (χ0) is 26.9. The van der Waals surface area contributed by atoms with E-state index in [0.29, 0.717) is 27.1 Å². The number of anilines is 1. The van der Waals surface area contributed by atoms with Crippen LogP contribution >= 0.6 is 23.2 Å². The third kappa shape index (κ3) is 6.13. The van der Waals surface area contributed by atoms with Crippen LogP contribution in [0.2, 0.25) is 10.0 Å². The van der Waals surface area contributed by atoms with Gasteiger partial charge in [-0.25, -0.2) is 0 Å². The molecule has 0 aliphatic heterocycles. The Bertz CT molecular complexity index is 1700. The van der Waals surface area contributed by atoms with Crippen molar-refractivity contribution in [3.8, 4) is 11.5 Å². The van der Waals surface area contributed by atoms with Crippen LogP contribution in [-0.2, 0) is 10.1 Å². The van der Waals surface area contributed by atoms with Gasteiger partial charge >= 0.3 is 29.6 Å². The molecule has 4 aromatic carbocycles. The first-order chi connectivity index (χ1) is 17.5. The van der Waals surface area contributed by atoms with Crippen LogP contribution in [0.5, 0.6) is 11.5 Å². The van der Waals surface area contributed by atoms with E-state index in [0.717, 1.165) is 0 Å². The minimum atomic E-state index is -4.76. The number of carbonyl (C=O) groups excluding carboxylic acids is 1. The molecule has 13 heteroatoms. The van der Waals surface area contributed by atoms with Crippen molar-refractivity contribution in [2.45, 2.75) is 11.8 Å². The maximum atomic E-state index is 13.4. The molecule has 0 aliphatic rings. The second kappa shape index (κ2) is 12.0. The van der Waals surface area contributed by atoms with Crippen LogP contribution in [-0.4, -0.2) is 26.0 Å². The number of azo groups is 1. The largest absolute Gasteiger partial charge is 1.00 e. The van der Waals surface area contributed by atoms with E-state index in [1.807, 2.05) is 0 Å².